The molecular formula is C13H16ClNO2S. The number of carboxylic acids is 1. The predicted octanol–water partition coefficient (Wildman–Crippen LogP) is 3.40. The van der Waals surface area contributed by atoms with Gasteiger partial charge in [0.15, 0.2) is 0 Å². The summed E-state index contributed by atoms with van der Waals surface area (Å²) < 4.78 is 0.804. The molecular weight excluding hydrogens is 270 g/mol. The van der Waals surface area contributed by atoms with Crippen molar-refractivity contribution in [3.63, 3.8) is 0 Å². The fourth-order valence-electron chi connectivity index (χ4n) is 3.61. The van der Waals surface area contributed by atoms with E-state index in [1.807, 2.05) is 6.07 Å². The molecule has 1 aromatic rings. The average Bonchev–Trinajstić information content (AvgIpc) is 3.01. The molecule has 1 N–H and O–H groups in total. The van der Waals surface area contributed by atoms with Crippen molar-refractivity contribution in [1.82, 2.24) is 4.90 Å². The lowest BCUT2D eigenvalue weighted by molar-refractivity contribution is -0.142. The molecule has 0 aromatic carbocycles. The van der Waals surface area contributed by atoms with Crippen LogP contribution in [0.2, 0.25) is 4.34 Å². The Balaban J connectivity index is 1.83. The second-order valence-corrected chi connectivity index (χ2v) is 6.83. The minimum atomic E-state index is -0.636. The number of nitrogens with zero attached hydrogens (tertiary/aromatic N) is 1. The molecule has 3 heterocycles. The van der Waals surface area contributed by atoms with Gasteiger partial charge in [0.25, 0.3) is 0 Å². The van der Waals surface area contributed by atoms with E-state index < -0.39 is 5.97 Å². The average molecular weight is 286 g/mol. The molecule has 0 amide bonds. The van der Waals surface area contributed by atoms with Gasteiger partial charge in [0.05, 0.1) is 10.3 Å². The smallest absolute Gasteiger partial charge is 0.308 e. The molecule has 3 rings (SSSR count). The number of aliphatic carboxylic acids is 1. The highest BCUT2D eigenvalue weighted by atomic mass is 35.5. The Kier molecular flexibility index (Phi) is 3.12. The first-order chi connectivity index (χ1) is 8.58. The van der Waals surface area contributed by atoms with Crippen LogP contribution in [0.5, 0.6) is 0 Å². The van der Waals surface area contributed by atoms with Gasteiger partial charge < -0.3 is 5.11 Å². The fourth-order valence-corrected chi connectivity index (χ4v) is 4.59. The standard InChI is InChI=1S/C13H16ClNO2S/c1-7(8-4-12(14)18-6-8)15-9-2-3-11(15)10(5-9)13(16)17/h4,6-7,9-11H,2-3,5H2,1H3,(H,16,17). The topological polar surface area (TPSA) is 40.5 Å². The lowest BCUT2D eigenvalue weighted by Crippen LogP contribution is -2.34. The molecule has 0 radical (unpaired) electrons. The predicted molar refractivity (Wildman–Crippen MR) is 72.1 cm³/mol. The Morgan fingerprint density at radius 1 is 1.61 bits per heavy atom. The second kappa shape index (κ2) is 4.51. The van der Waals surface area contributed by atoms with Crippen molar-refractivity contribution in [1.29, 1.82) is 0 Å². The number of halogens is 1. The number of fused-ring (bicyclic) bond motifs is 2. The van der Waals surface area contributed by atoms with E-state index in [1.165, 1.54) is 5.56 Å². The lowest BCUT2D eigenvalue weighted by Gasteiger charge is -2.29. The molecule has 2 bridgehead atoms. The van der Waals surface area contributed by atoms with Gasteiger partial charge in [0.2, 0.25) is 0 Å². The van der Waals surface area contributed by atoms with Crippen molar-refractivity contribution < 1.29 is 9.90 Å². The number of hydrogen-bond acceptors (Lipinski definition) is 3. The third-order valence-electron chi connectivity index (χ3n) is 4.43. The number of carboxylic acid groups (broad SMARTS) is 1. The molecule has 2 aliphatic heterocycles. The van der Waals surface area contributed by atoms with E-state index >= 15 is 0 Å². The molecule has 0 spiro atoms. The SMILES string of the molecule is CC(c1csc(Cl)c1)N1C2CCC1C(C(=O)O)C2. The molecule has 4 unspecified atom stereocenters. The molecule has 0 aliphatic carbocycles. The zero-order valence-corrected chi connectivity index (χ0v) is 11.7. The summed E-state index contributed by atoms with van der Waals surface area (Å²) in [7, 11) is 0. The van der Waals surface area contributed by atoms with Crippen LogP contribution in [-0.4, -0.2) is 28.1 Å². The molecule has 2 aliphatic rings. The monoisotopic (exact) mass is 285 g/mol. The summed E-state index contributed by atoms with van der Waals surface area (Å²) in [6, 6.07) is 2.92. The van der Waals surface area contributed by atoms with Crippen LogP contribution in [0.4, 0.5) is 0 Å². The van der Waals surface area contributed by atoms with Crippen LogP contribution in [-0.2, 0) is 4.79 Å². The molecule has 5 heteroatoms. The highest BCUT2D eigenvalue weighted by Gasteiger charge is 2.50. The number of rotatable bonds is 3. The number of hydrogen-bond donors (Lipinski definition) is 1. The fraction of sp³-hybridized carbons (Fsp3) is 0.615. The van der Waals surface area contributed by atoms with Crippen LogP contribution in [0.1, 0.15) is 37.8 Å². The summed E-state index contributed by atoms with van der Waals surface area (Å²) in [4.78, 5) is 13.7. The molecule has 0 saturated carbocycles. The summed E-state index contributed by atoms with van der Waals surface area (Å²) in [6.07, 6.45) is 2.96. The number of thiophene rings is 1. The van der Waals surface area contributed by atoms with Crippen molar-refractivity contribution >= 4 is 28.9 Å². The van der Waals surface area contributed by atoms with Gasteiger partial charge in [-0.15, -0.1) is 11.3 Å². The summed E-state index contributed by atoms with van der Waals surface area (Å²) >= 11 is 7.53. The Bertz CT molecular complexity index is 475. The van der Waals surface area contributed by atoms with Gasteiger partial charge in [-0.3, -0.25) is 9.69 Å². The summed E-state index contributed by atoms with van der Waals surface area (Å²) in [6.45, 7) is 2.16. The summed E-state index contributed by atoms with van der Waals surface area (Å²) in [5.41, 5.74) is 1.22. The first-order valence-electron chi connectivity index (χ1n) is 6.32. The third-order valence-corrected chi connectivity index (χ3v) is 5.53. The van der Waals surface area contributed by atoms with Crippen LogP contribution in [0.25, 0.3) is 0 Å². The van der Waals surface area contributed by atoms with Crippen LogP contribution < -0.4 is 0 Å². The highest BCUT2D eigenvalue weighted by Crippen LogP contribution is 2.46. The molecule has 1 aromatic heterocycles. The van der Waals surface area contributed by atoms with E-state index in [0.717, 1.165) is 23.6 Å². The maximum atomic E-state index is 11.3. The van der Waals surface area contributed by atoms with Crippen molar-refractivity contribution in [3.05, 3.63) is 21.3 Å². The van der Waals surface area contributed by atoms with E-state index in [-0.39, 0.29) is 18.0 Å². The molecule has 3 nitrogen and oxygen atoms in total. The van der Waals surface area contributed by atoms with Gasteiger partial charge >= 0.3 is 5.97 Å². The van der Waals surface area contributed by atoms with Crippen LogP contribution in [0.15, 0.2) is 11.4 Å². The van der Waals surface area contributed by atoms with Gasteiger partial charge in [-0.1, -0.05) is 11.6 Å². The molecule has 2 fully saturated rings. The lowest BCUT2D eigenvalue weighted by atomic mass is 9.89. The van der Waals surface area contributed by atoms with E-state index in [9.17, 15) is 9.90 Å². The first kappa shape index (κ1) is 12.5. The Labute approximate surface area is 115 Å². The van der Waals surface area contributed by atoms with Crippen LogP contribution >= 0.6 is 22.9 Å². The molecule has 2 saturated heterocycles. The Morgan fingerprint density at radius 2 is 2.39 bits per heavy atom. The summed E-state index contributed by atoms with van der Waals surface area (Å²) in [5, 5.41) is 11.3. The van der Waals surface area contributed by atoms with Crippen LogP contribution in [0, 0.1) is 5.92 Å². The highest BCUT2D eigenvalue weighted by molar-refractivity contribution is 7.14. The quantitative estimate of drug-likeness (QED) is 0.925. The van der Waals surface area contributed by atoms with Gasteiger partial charge in [0, 0.05) is 18.1 Å². The largest absolute Gasteiger partial charge is 0.481 e. The van der Waals surface area contributed by atoms with Crippen LogP contribution in [0.3, 0.4) is 0 Å². The maximum absolute atomic E-state index is 11.3. The molecule has 4 atom stereocenters. The van der Waals surface area contributed by atoms with Crippen molar-refractivity contribution in [2.75, 3.05) is 0 Å². The maximum Gasteiger partial charge on any atom is 0.308 e. The van der Waals surface area contributed by atoms with Gasteiger partial charge in [-0.2, -0.15) is 0 Å². The third kappa shape index (κ3) is 1.87. The zero-order valence-electron chi connectivity index (χ0n) is 10.2. The van der Waals surface area contributed by atoms with Crippen molar-refractivity contribution in [3.8, 4) is 0 Å². The molecule has 98 valence electrons. The summed E-state index contributed by atoms with van der Waals surface area (Å²) in [5.74, 6) is -0.817. The molecule has 18 heavy (non-hydrogen) atoms. The van der Waals surface area contributed by atoms with Gasteiger partial charge in [-0.05, 0) is 43.2 Å². The van der Waals surface area contributed by atoms with E-state index in [4.69, 9.17) is 11.6 Å². The van der Waals surface area contributed by atoms with E-state index in [2.05, 4.69) is 17.2 Å². The normalized spacial score (nSPS) is 32.9. The first-order valence-corrected chi connectivity index (χ1v) is 7.58. The number of carbonyl (C=O) groups is 1. The van der Waals surface area contributed by atoms with Crippen molar-refractivity contribution in [2.45, 2.75) is 44.3 Å². The van der Waals surface area contributed by atoms with E-state index in [0.29, 0.717) is 6.04 Å². The Morgan fingerprint density at radius 3 is 2.94 bits per heavy atom. The second-order valence-electron chi connectivity index (χ2n) is 5.29. The van der Waals surface area contributed by atoms with E-state index in [1.54, 1.807) is 11.3 Å². The van der Waals surface area contributed by atoms with Crippen molar-refractivity contribution in [2.24, 2.45) is 5.92 Å². The minimum Gasteiger partial charge on any atom is -0.481 e. The minimum absolute atomic E-state index is 0.180. The Hall–Kier alpha value is -0.580. The van der Waals surface area contributed by atoms with Gasteiger partial charge in [0.1, 0.15) is 0 Å². The zero-order chi connectivity index (χ0) is 12.9. The van der Waals surface area contributed by atoms with Gasteiger partial charge in [-0.25, -0.2) is 0 Å².